The van der Waals surface area contributed by atoms with Gasteiger partial charge in [-0.1, -0.05) is 24.3 Å². The number of ether oxygens (including phenoxy) is 2. The number of para-hydroxylation sites is 2. The summed E-state index contributed by atoms with van der Waals surface area (Å²) in [5, 5.41) is 2.83. The van der Waals surface area contributed by atoms with Crippen molar-refractivity contribution in [2.45, 2.75) is 24.2 Å². The van der Waals surface area contributed by atoms with E-state index >= 15 is 0 Å². The van der Waals surface area contributed by atoms with Crippen molar-refractivity contribution in [2.24, 2.45) is 0 Å². The number of amides is 1. The van der Waals surface area contributed by atoms with Crippen molar-refractivity contribution < 1.29 is 22.7 Å². The first-order valence-corrected chi connectivity index (χ1v) is 12.9. The fourth-order valence-corrected chi connectivity index (χ4v) is 5.45. The molecule has 0 aliphatic carbocycles. The normalized spacial score (nSPS) is 13.4. The molecule has 1 aliphatic heterocycles. The van der Waals surface area contributed by atoms with E-state index in [1.807, 2.05) is 18.2 Å². The second-order valence-electron chi connectivity index (χ2n) is 8.26. The molecule has 1 amide bonds. The summed E-state index contributed by atoms with van der Waals surface area (Å²) in [7, 11) is -0.921. The van der Waals surface area contributed by atoms with Gasteiger partial charge in [0.05, 0.1) is 32.0 Å². The van der Waals surface area contributed by atoms with Crippen molar-refractivity contribution in [3.05, 3.63) is 72.3 Å². The number of nitrogens with zero attached hydrogens (tertiary/aromatic N) is 1. The van der Waals surface area contributed by atoms with E-state index in [1.54, 1.807) is 49.6 Å². The summed E-state index contributed by atoms with van der Waals surface area (Å²) in [6.45, 7) is 1.55. The van der Waals surface area contributed by atoms with E-state index in [0.717, 1.165) is 31.5 Å². The summed E-state index contributed by atoms with van der Waals surface area (Å²) >= 11 is 0. The topological polar surface area (TPSA) is 97.0 Å². The van der Waals surface area contributed by atoms with E-state index in [1.165, 1.54) is 13.2 Å². The van der Waals surface area contributed by atoms with Crippen LogP contribution in [0, 0.1) is 0 Å². The van der Waals surface area contributed by atoms with Crippen molar-refractivity contribution in [3.8, 4) is 11.5 Å². The molecule has 0 unspecified atom stereocenters. The quantitative estimate of drug-likeness (QED) is 0.460. The van der Waals surface area contributed by atoms with Gasteiger partial charge in [0, 0.05) is 18.8 Å². The van der Waals surface area contributed by atoms with Crippen LogP contribution in [-0.2, 0) is 21.2 Å². The highest BCUT2D eigenvalue weighted by Gasteiger charge is 2.25. The minimum Gasteiger partial charge on any atom is -0.497 e. The van der Waals surface area contributed by atoms with Crippen LogP contribution in [0.4, 0.5) is 17.1 Å². The third kappa shape index (κ3) is 5.86. The van der Waals surface area contributed by atoms with Crippen molar-refractivity contribution in [1.29, 1.82) is 0 Å². The molecule has 0 radical (unpaired) electrons. The summed E-state index contributed by atoms with van der Waals surface area (Å²) < 4.78 is 40.2. The second-order valence-corrected chi connectivity index (χ2v) is 9.91. The van der Waals surface area contributed by atoms with Crippen LogP contribution < -0.4 is 24.4 Å². The first-order chi connectivity index (χ1) is 16.9. The largest absolute Gasteiger partial charge is 0.497 e. The Labute approximate surface area is 205 Å². The van der Waals surface area contributed by atoms with Gasteiger partial charge in [0.15, 0.2) is 0 Å². The van der Waals surface area contributed by atoms with Gasteiger partial charge in [0.2, 0.25) is 5.91 Å². The highest BCUT2D eigenvalue weighted by Crippen LogP contribution is 2.34. The number of anilines is 3. The van der Waals surface area contributed by atoms with Crippen molar-refractivity contribution in [3.63, 3.8) is 0 Å². The van der Waals surface area contributed by atoms with Gasteiger partial charge in [0.25, 0.3) is 10.0 Å². The van der Waals surface area contributed by atoms with Crippen LogP contribution in [0.15, 0.2) is 71.6 Å². The predicted octanol–water partition coefficient (Wildman–Crippen LogP) is 4.29. The molecule has 0 atom stereocenters. The molecular weight excluding hydrogens is 466 g/mol. The lowest BCUT2D eigenvalue weighted by Crippen LogP contribution is -2.23. The van der Waals surface area contributed by atoms with E-state index in [4.69, 9.17) is 9.47 Å². The molecule has 0 saturated carbocycles. The Hall–Kier alpha value is -3.72. The molecule has 2 N–H and O–H groups in total. The average Bonchev–Trinajstić information content (AvgIpc) is 3.39. The fraction of sp³-hybridized carbons (Fsp3) is 0.269. The van der Waals surface area contributed by atoms with Crippen LogP contribution in [0.2, 0.25) is 0 Å². The Kier molecular flexibility index (Phi) is 7.45. The summed E-state index contributed by atoms with van der Waals surface area (Å²) in [5.74, 6) is 0.829. The highest BCUT2D eigenvalue weighted by molar-refractivity contribution is 7.93. The van der Waals surface area contributed by atoms with E-state index < -0.39 is 10.0 Å². The molecule has 3 aromatic carbocycles. The second kappa shape index (κ2) is 10.7. The predicted molar refractivity (Wildman–Crippen MR) is 137 cm³/mol. The molecule has 4 rings (SSSR count). The van der Waals surface area contributed by atoms with Gasteiger partial charge < -0.3 is 19.7 Å². The number of hydrogen-bond acceptors (Lipinski definition) is 6. The molecule has 0 bridgehead atoms. The highest BCUT2D eigenvalue weighted by atomic mass is 32.2. The van der Waals surface area contributed by atoms with Crippen LogP contribution in [0.3, 0.4) is 0 Å². The number of sulfonamides is 1. The third-order valence-electron chi connectivity index (χ3n) is 5.83. The van der Waals surface area contributed by atoms with Crippen LogP contribution in [0.1, 0.15) is 18.4 Å². The number of carbonyl (C=O) groups excluding carboxylic acids is 1. The summed E-state index contributed by atoms with van der Waals surface area (Å²) in [5.41, 5.74) is 2.15. The fourth-order valence-electron chi connectivity index (χ4n) is 4.13. The van der Waals surface area contributed by atoms with Crippen LogP contribution in [0.25, 0.3) is 0 Å². The van der Waals surface area contributed by atoms with Gasteiger partial charge in [-0.2, -0.15) is 0 Å². The molecule has 1 fully saturated rings. The maximum absolute atomic E-state index is 13.5. The van der Waals surface area contributed by atoms with Gasteiger partial charge in [-0.3, -0.25) is 9.52 Å². The number of methoxy groups -OCH3 is 2. The van der Waals surface area contributed by atoms with Crippen molar-refractivity contribution in [1.82, 2.24) is 0 Å². The van der Waals surface area contributed by atoms with E-state index in [0.29, 0.717) is 28.6 Å². The number of nitrogens with one attached hydrogen (secondary N) is 2. The molecule has 0 spiro atoms. The van der Waals surface area contributed by atoms with Gasteiger partial charge in [0.1, 0.15) is 16.4 Å². The first kappa shape index (κ1) is 24.4. The number of hydrogen-bond donors (Lipinski definition) is 2. The smallest absolute Gasteiger partial charge is 0.264 e. The molecule has 1 aliphatic rings. The molecule has 8 nitrogen and oxygen atoms in total. The molecule has 9 heteroatoms. The maximum Gasteiger partial charge on any atom is 0.264 e. The van der Waals surface area contributed by atoms with Crippen molar-refractivity contribution >= 4 is 33.0 Å². The average molecular weight is 496 g/mol. The minimum absolute atomic E-state index is 0.101. The lowest BCUT2D eigenvalue weighted by molar-refractivity contribution is -0.115. The Balaban J connectivity index is 1.62. The molecule has 1 heterocycles. The minimum atomic E-state index is -3.98. The zero-order chi connectivity index (χ0) is 24.8. The Morgan fingerprint density at radius 1 is 0.943 bits per heavy atom. The molecular formula is C26H29N3O5S. The van der Waals surface area contributed by atoms with E-state index in [-0.39, 0.29) is 17.2 Å². The molecule has 35 heavy (non-hydrogen) atoms. The van der Waals surface area contributed by atoms with Crippen LogP contribution in [-0.4, -0.2) is 41.6 Å². The van der Waals surface area contributed by atoms with Gasteiger partial charge in [-0.15, -0.1) is 0 Å². The molecule has 3 aromatic rings. The lowest BCUT2D eigenvalue weighted by atomic mass is 10.1. The zero-order valence-corrected chi connectivity index (χ0v) is 20.6. The number of benzene rings is 3. The Bertz CT molecular complexity index is 1300. The molecule has 184 valence electrons. The van der Waals surface area contributed by atoms with E-state index in [9.17, 15) is 13.2 Å². The third-order valence-corrected chi connectivity index (χ3v) is 7.22. The summed E-state index contributed by atoms with van der Waals surface area (Å²) in [6, 6.07) is 19.1. The Morgan fingerprint density at radius 2 is 1.71 bits per heavy atom. The SMILES string of the molecule is COc1cccc(CC(=O)Nc2ccc(N3CCCC3)c(S(=O)(=O)Nc3ccccc3OC)c2)c1. The molecule has 0 aromatic heterocycles. The monoisotopic (exact) mass is 495 g/mol. The molecule has 1 saturated heterocycles. The van der Waals surface area contributed by atoms with Crippen LogP contribution >= 0.6 is 0 Å². The summed E-state index contributed by atoms with van der Waals surface area (Å²) in [6.07, 6.45) is 2.13. The maximum atomic E-state index is 13.5. The van der Waals surface area contributed by atoms with Crippen LogP contribution in [0.5, 0.6) is 11.5 Å². The number of rotatable bonds is 9. The van der Waals surface area contributed by atoms with Gasteiger partial charge >= 0.3 is 0 Å². The van der Waals surface area contributed by atoms with Crippen molar-refractivity contribution in [2.75, 3.05) is 42.2 Å². The Morgan fingerprint density at radius 3 is 2.46 bits per heavy atom. The number of carbonyl (C=O) groups is 1. The van der Waals surface area contributed by atoms with Gasteiger partial charge in [-0.05, 0) is 60.9 Å². The first-order valence-electron chi connectivity index (χ1n) is 11.4. The zero-order valence-electron chi connectivity index (χ0n) is 19.8. The van der Waals surface area contributed by atoms with E-state index in [2.05, 4.69) is 14.9 Å². The summed E-state index contributed by atoms with van der Waals surface area (Å²) in [4.78, 5) is 14.9. The lowest BCUT2D eigenvalue weighted by Gasteiger charge is -2.23. The van der Waals surface area contributed by atoms with Gasteiger partial charge in [-0.25, -0.2) is 8.42 Å². The standard InChI is InChI=1S/C26H29N3O5S/c1-33-21-9-7-8-19(16-21)17-26(30)27-20-12-13-23(29-14-5-6-15-29)25(18-20)35(31,32)28-22-10-3-4-11-24(22)34-2/h3-4,7-13,16,18,28H,5-6,14-15,17H2,1-2H3,(H,27,30).